The van der Waals surface area contributed by atoms with Gasteiger partial charge >= 0.3 is 0 Å². The summed E-state index contributed by atoms with van der Waals surface area (Å²) in [6, 6.07) is 6.50. The molecule has 1 unspecified atom stereocenters. The number of rotatable bonds is 5. The maximum absolute atomic E-state index is 13.0. The van der Waals surface area contributed by atoms with E-state index in [0.29, 0.717) is 5.92 Å². The molecule has 3 atom stereocenters. The van der Waals surface area contributed by atoms with E-state index in [9.17, 15) is 13.2 Å². The van der Waals surface area contributed by atoms with Gasteiger partial charge in [-0.3, -0.25) is 4.79 Å². The number of hydrogen-bond donors (Lipinski definition) is 3. The summed E-state index contributed by atoms with van der Waals surface area (Å²) in [7, 11) is -2.10. The minimum atomic E-state index is -3.49. The van der Waals surface area contributed by atoms with Crippen LogP contribution in [-0.4, -0.2) is 34.5 Å². The molecule has 7 heteroatoms. The first-order chi connectivity index (χ1) is 11.9. The molecule has 0 spiro atoms. The van der Waals surface area contributed by atoms with Crippen molar-refractivity contribution >= 4 is 15.9 Å². The van der Waals surface area contributed by atoms with E-state index >= 15 is 0 Å². The van der Waals surface area contributed by atoms with Crippen molar-refractivity contribution in [3.8, 4) is 0 Å². The Labute approximate surface area is 149 Å². The van der Waals surface area contributed by atoms with E-state index in [4.69, 9.17) is 0 Å². The van der Waals surface area contributed by atoms with Gasteiger partial charge < -0.3 is 10.6 Å². The number of carbonyl (C=O) groups excluding carboxylic acids is 1. The van der Waals surface area contributed by atoms with Crippen LogP contribution < -0.4 is 15.4 Å². The van der Waals surface area contributed by atoms with Gasteiger partial charge in [-0.15, -0.1) is 0 Å². The third-order valence-electron chi connectivity index (χ3n) is 5.78. The molecule has 1 aromatic carbocycles. The number of benzene rings is 1. The Bertz CT molecular complexity index is 750. The summed E-state index contributed by atoms with van der Waals surface area (Å²) in [5, 5.41) is 6.52. The number of amides is 1. The highest BCUT2D eigenvalue weighted by Gasteiger charge is 2.49. The van der Waals surface area contributed by atoms with Gasteiger partial charge in [-0.1, -0.05) is 25.0 Å². The quantitative estimate of drug-likeness (QED) is 0.739. The van der Waals surface area contributed by atoms with Gasteiger partial charge in [0.15, 0.2) is 0 Å². The molecular weight excluding hydrogens is 338 g/mol. The normalized spacial score (nSPS) is 27.5. The van der Waals surface area contributed by atoms with Gasteiger partial charge in [-0.2, -0.15) is 0 Å². The van der Waals surface area contributed by atoms with Crippen molar-refractivity contribution in [1.82, 2.24) is 15.4 Å². The molecule has 25 heavy (non-hydrogen) atoms. The molecule has 1 aromatic rings. The Kier molecular flexibility index (Phi) is 5.18. The Morgan fingerprint density at radius 2 is 2.16 bits per heavy atom. The minimum Gasteiger partial charge on any atom is -0.349 e. The first kappa shape index (κ1) is 18.4. The molecule has 1 amide bonds. The average molecular weight is 365 g/mol. The summed E-state index contributed by atoms with van der Waals surface area (Å²) in [5.41, 5.74) is 0.487. The summed E-state index contributed by atoms with van der Waals surface area (Å²) in [5.74, 6) is 0.501. The highest BCUT2D eigenvalue weighted by Crippen LogP contribution is 2.44. The third kappa shape index (κ3) is 3.45. The van der Waals surface area contributed by atoms with Crippen LogP contribution in [0.2, 0.25) is 0 Å². The van der Waals surface area contributed by atoms with Crippen LogP contribution in [0.3, 0.4) is 0 Å². The first-order valence-corrected chi connectivity index (χ1v) is 10.4. The van der Waals surface area contributed by atoms with Crippen LogP contribution in [0.1, 0.15) is 44.2 Å². The van der Waals surface area contributed by atoms with Gasteiger partial charge in [0, 0.05) is 6.54 Å². The number of nitrogens with one attached hydrogen (secondary N) is 3. The molecule has 0 aromatic heterocycles. The van der Waals surface area contributed by atoms with Crippen LogP contribution in [0.5, 0.6) is 0 Å². The molecule has 1 aliphatic heterocycles. The highest BCUT2D eigenvalue weighted by molar-refractivity contribution is 7.89. The van der Waals surface area contributed by atoms with Crippen molar-refractivity contribution in [3.05, 3.63) is 29.8 Å². The third-order valence-corrected chi connectivity index (χ3v) is 7.19. The summed E-state index contributed by atoms with van der Waals surface area (Å²) in [4.78, 5) is 13.3. The fourth-order valence-electron chi connectivity index (χ4n) is 4.18. The zero-order valence-corrected chi connectivity index (χ0v) is 15.7. The van der Waals surface area contributed by atoms with Crippen molar-refractivity contribution in [3.63, 3.8) is 0 Å². The molecule has 0 bridgehead atoms. The molecule has 0 radical (unpaired) electrons. The van der Waals surface area contributed by atoms with E-state index in [1.165, 1.54) is 13.5 Å². The standard InChI is InChI=1S/C18H27N3O3S/c1-13(14-6-5-8-16(10-14)25(23,24)19-2)21-17(22)18-9-4-3-7-15(18)11-20-12-18/h5-6,8,10,13,15,19-20H,3-4,7,9,11-12H2,1-2H3,(H,21,22)/t13?,15-,18+/m0/s1. The molecule has 2 aliphatic rings. The summed E-state index contributed by atoms with van der Waals surface area (Å²) in [6.45, 7) is 3.56. The number of sulfonamides is 1. The molecule has 138 valence electrons. The zero-order chi connectivity index (χ0) is 18.1. The predicted molar refractivity (Wildman–Crippen MR) is 96.5 cm³/mol. The first-order valence-electron chi connectivity index (χ1n) is 8.94. The van der Waals surface area contributed by atoms with Crippen LogP contribution in [0.4, 0.5) is 0 Å². The topological polar surface area (TPSA) is 87.3 Å². The van der Waals surface area contributed by atoms with Crippen molar-refractivity contribution in [2.24, 2.45) is 11.3 Å². The van der Waals surface area contributed by atoms with Crippen LogP contribution in [0.25, 0.3) is 0 Å². The van der Waals surface area contributed by atoms with Crippen LogP contribution in [-0.2, 0) is 14.8 Å². The fourth-order valence-corrected chi connectivity index (χ4v) is 4.97. The van der Waals surface area contributed by atoms with Gasteiger partial charge in [0.25, 0.3) is 0 Å². The molecule has 6 nitrogen and oxygen atoms in total. The maximum atomic E-state index is 13.0. The van der Waals surface area contributed by atoms with Crippen LogP contribution >= 0.6 is 0 Å². The van der Waals surface area contributed by atoms with Crippen molar-refractivity contribution in [2.75, 3.05) is 20.1 Å². The maximum Gasteiger partial charge on any atom is 0.240 e. The average Bonchev–Trinajstić information content (AvgIpc) is 3.07. The summed E-state index contributed by atoms with van der Waals surface area (Å²) >= 11 is 0. The second kappa shape index (κ2) is 7.05. The summed E-state index contributed by atoms with van der Waals surface area (Å²) < 4.78 is 26.3. The van der Waals surface area contributed by atoms with E-state index in [-0.39, 0.29) is 22.3 Å². The number of carbonyl (C=O) groups is 1. The van der Waals surface area contributed by atoms with Gasteiger partial charge in [-0.05, 0) is 57.0 Å². The second-order valence-corrected chi connectivity index (χ2v) is 9.09. The summed E-state index contributed by atoms with van der Waals surface area (Å²) in [6.07, 6.45) is 4.32. The Morgan fingerprint density at radius 3 is 2.92 bits per heavy atom. The molecule has 1 saturated heterocycles. The molecule has 1 aliphatic carbocycles. The van der Waals surface area contributed by atoms with Gasteiger partial charge in [0.1, 0.15) is 0 Å². The van der Waals surface area contributed by atoms with E-state index in [2.05, 4.69) is 15.4 Å². The zero-order valence-electron chi connectivity index (χ0n) is 14.8. The van der Waals surface area contributed by atoms with Gasteiger partial charge in [0.2, 0.25) is 15.9 Å². The lowest BCUT2D eigenvalue weighted by molar-refractivity contribution is -0.134. The number of fused-ring (bicyclic) bond motifs is 1. The molecule has 3 N–H and O–H groups in total. The van der Waals surface area contributed by atoms with E-state index in [1.54, 1.807) is 18.2 Å². The lowest BCUT2D eigenvalue weighted by atomic mass is 9.67. The Hall–Kier alpha value is -1.44. The molecule has 1 saturated carbocycles. The van der Waals surface area contributed by atoms with Crippen LogP contribution in [0.15, 0.2) is 29.2 Å². The predicted octanol–water partition coefficient (Wildman–Crippen LogP) is 1.55. The Balaban J connectivity index is 1.77. The van der Waals surface area contributed by atoms with E-state index < -0.39 is 10.0 Å². The monoisotopic (exact) mass is 365 g/mol. The Morgan fingerprint density at radius 1 is 1.36 bits per heavy atom. The SMILES string of the molecule is CNS(=O)(=O)c1cccc(C(C)NC(=O)[C@@]23CCCC[C@H]2CNC3)c1. The molecule has 2 fully saturated rings. The minimum absolute atomic E-state index is 0.0941. The van der Waals surface area contributed by atoms with E-state index in [0.717, 1.165) is 37.9 Å². The van der Waals surface area contributed by atoms with Gasteiger partial charge in [0.05, 0.1) is 16.4 Å². The largest absolute Gasteiger partial charge is 0.349 e. The van der Waals surface area contributed by atoms with Crippen molar-refractivity contribution in [2.45, 2.75) is 43.5 Å². The highest BCUT2D eigenvalue weighted by atomic mass is 32.2. The smallest absolute Gasteiger partial charge is 0.240 e. The lowest BCUT2D eigenvalue weighted by Gasteiger charge is -2.38. The van der Waals surface area contributed by atoms with Crippen LogP contribution in [0, 0.1) is 11.3 Å². The lowest BCUT2D eigenvalue weighted by Crippen LogP contribution is -2.48. The van der Waals surface area contributed by atoms with Gasteiger partial charge in [-0.25, -0.2) is 13.1 Å². The van der Waals surface area contributed by atoms with Crippen molar-refractivity contribution in [1.29, 1.82) is 0 Å². The molecule has 1 heterocycles. The van der Waals surface area contributed by atoms with Crippen molar-refractivity contribution < 1.29 is 13.2 Å². The van der Waals surface area contributed by atoms with E-state index in [1.807, 2.05) is 13.0 Å². The fraction of sp³-hybridized carbons (Fsp3) is 0.611. The molecular formula is C18H27N3O3S. The number of hydrogen-bond acceptors (Lipinski definition) is 4. The molecule has 3 rings (SSSR count). The second-order valence-electron chi connectivity index (χ2n) is 7.20.